The van der Waals surface area contributed by atoms with Gasteiger partial charge in [0.1, 0.15) is 6.61 Å². The minimum absolute atomic E-state index is 0.0966. The fraction of sp³-hybridized carbons (Fsp3) is 0.667. The Morgan fingerprint density at radius 2 is 2.00 bits per heavy atom. The fourth-order valence-electron chi connectivity index (χ4n) is 2.27. The van der Waals surface area contributed by atoms with Gasteiger partial charge in [0, 0.05) is 30.1 Å². The first-order chi connectivity index (χ1) is 8.61. The number of unbranched alkanes of at least 4 members (excludes halogenated alkanes) is 2. The van der Waals surface area contributed by atoms with E-state index in [1.165, 1.54) is 12.8 Å². The van der Waals surface area contributed by atoms with Crippen LogP contribution < -0.4 is 0 Å². The Morgan fingerprint density at radius 1 is 1.28 bits per heavy atom. The molecule has 0 atom stereocenters. The van der Waals surface area contributed by atoms with Gasteiger partial charge in [-0.15, -0.1) is 0 Å². The molecule has 0 unspecified atom stereocenters. The van der Waals surface area contributed by atoms with Gasteiger partial charge in [-0.25, -0.2) is 0 Å². The van der Waals surface area contributed by atoms with Gasteiger partial charge in [-0.05, 0) is 33.3 Å². The van der Waals surface area contributed by atoms with Gasteiger partial charge in [-0.3, -0.25) is 4.79 Å². The number of ether oxygens (including phenoxy) is 1. The van der Waals surface area contributed by atoms with Crippen LogP contribution in [0, 0.1) is 13.8 Å². The van der Waals surface area contributed by atoms with Crippen molar-refractivity contribution < 1.29 is 9.53 Å². The number of aryl methyl sites for hydroxylation is 1. The molecule has 18 heavy (non-hydrogen) atoms. The van der Waals surface area contributed by atoms with Gasteiger partial charge < -0.3 is 9.30 Å². The summed E-state index contributed by atoms with van der Waals surface area (Å²) in [5.74, 6) is 0.0966. The quantitative estimate of drug-likeness (QED) is 0.523. The second kappa shape index (κ2) is 7.37. The first-order valence-electron chi connectivity index (χ1n) is 6.89. The number of hydrogen-bond acceptors (Lipinski definition) is 2. The summed E-state index contributed by atoms with van der Waals surface area (Å²) >= 11 is 0. The molecule has 0 fully saturated rings. The molecular formula is C15H25NO2. The lowest BCUT2D eigenvalue weighted by Crippen LogP contribution is -2.11. The summed E-state index contributed by atoms with van der Waals surface area (Å²) in [5.41, 5.74) is 3.01. The highest BCUT2D eigenvalue weighted by Gasteiger charge is 2.14. The molecule has 3 nitrogen and oxygen atoms in total. The maximum Gasteiger partial charge on any atom is 0.190 e. The second-order valence-corrected chi connectivity index (χ2v) is 4.71. The van der Waals surface area contributed by atoms with E-state index in [9.17, 15) is 4.79 Å². The van der Waals surface area contributed by atoms with E-state index < -0.39 is 0 Å². The van der Waals surface area contributed by atoms with E-state index in [1.54, 1.807) is 0 Å². The molecule has 102 valence electrons. The molecule has 0 radical (unpaired) electrons. The number of carbonyl (C=O) groups is 1. The van der Waals surface area contributed by atoms with Gasteiger partial charge in [0.2, 0.25) is 0 Å². The van der Waals surface area contributed by atoms with Gasteiger partial charge in [0.25, 0.3) is 0 Å². The highest BCUT2D eigenvalue weighted by atomic mass is 16.5. The van der Waals surface area contributed by atoms with Crippen molar-refractivity contribution in [3.63, 3.8) is 0 Å². The predicted octanol–water partition coefficient (Wildman–Crippen LogP) is 3.51. The smallest absolute Gasteiger partial charge is 0.190 e. The molecule has 1 aromatic heterocycles. The summed E-state index contributed by atoms with van der Waals surface area (Å²) < 4.78 is 7.59. The number of Topliss-reactive ketones (excluding diaryl/α,β-unsaturated/α-hetero) is 1. The van der Waals surface area contributed by atoms with Crippen molar-refractivity contribution in [1.29, 1.82) is 0 Å². The average molecular weight is 251 g/mol. The Morgan fingerprint density at radius 3 is 2.56 bits per heavy atom. The van der Waals surface area contributed by atoms with Gasteiger partial charge >= 0.3 is 0 Å². The lowest BCUT2D eigenvalue weighted by atomic mass is 10.1. The van der Waals surface area contributed by atoms with Gasteiger partial charge in [0.05, 0.1) is 0 Å². The third-order valence-electron chi connectivity index (χ3n) is 3.32. The van der Waals surface area contributed by atoms with Crippen molar-refractivity contribution in [3.05, 3.63) is 23.0 Å². The molecule has 0 aromatic carbocycles. The second-order valence-electron chi connectivity index (χ2n) is 4.71. The SMILES string of the molecule is CCCCCOCC(=O)c1cc(C)n(CC)c1C. The lowest BCUT2D eigenvalue weighted by Gasteiger charge is -2.06. The van der Waals surface area contributed by atoms with Crippen LogP contribution in [-0.2, 0) is 11.3 Å². The zero-order chi connectivity index (χ0) is 13.5. The van der Waals surface area contributed by atoms with Gasteiger partial charge in [-0.1, -0.05) is 19.8 Å². The van der Waals surface area contributed by atoms with Crippen molar-refractivity contribution >= 4 is 5.78 Å². The molecule has 0 aliphatic carbocycles. The summed E-state index contributed by atoms with van der Waals surface area (Å²) in [7, 11) is 0. The summed E-state index contributed by atoms with van der Waals surface area (Å²) in [4.78, 5) is 12.0. The Hall–Kier alpha value is -1.09. The van der Waals surface area contributed by atoms with E-state index in [4.69, 9.17) is 4.74 Å². The van der Waals surface area contributed by atoms with E-state index in [1.807, 2.05) is 19.9 Å². The van der Waals surface area contributed by atoms with E-state index in [2.05, 4.69) is 18.4 Å². The van der Waals surface area contributed by atoms with E-state index >= 15 is 0 Å². The van der Waals surface area contributed by atoms with Gasteiger partial charge in [-0.2, -0.15) is 0 Å². The third kappa shape index (κ3) is 3.70. The first kappa shape index (κ1) is 15.0. The van der Waals surface area contributed by atoms with Crippen LogP contribution in [0.5, 0.6) is 0 Å². The Balaban J connectivity index is 2.52. The minimum atomic E-state index is 0.0966. The molecule has 0 saturated carbocycles. The van der Waals surface area contributed by atoms with E-state index in [0.29, 0.717) is 6.61 Å². The van der Waals surface area contributed by atoms with Crippen molar-refractivity contribution in [1.82, 2.24) is 4.57 Å². The van der Waals surface area contributed by atoms with Crippen molar-refractivity contribution in [2.24, 2.45) is 0 Å². The number of hydrogen-bond donors (Lipinski definition) is 0. The zero-order valence-corrected chi connectivity index (χ0v) is 12.1. The highest BCUT2D eigenvalue weighted by molar-refractivity contribution is 5.98. The van der Waals surface area contributed by atoms with Crippen LogP contribution in [0.2, 0.25) is 0 Å². The standard InChI is InChI=1S/C15H25NO2/c1-5-7-8-9-18-11-15(17)14-10-12(3)16(6-2)13(14)4/h10H,5-9,11H2,1-4H3. The van der Waals surface area contributed by atoms with Crippen LogP contribution in [0.15, 0.2) is 6.07 Å². The molecule has 1 heterocycles. The molecule has 3 heteroatoms. The molecule has 0 N–H and O–H groups in total. The highest BCUT2D eigenvalue weighted by Crippen LogP contribution is 2.15. The third-order valence-corrected chi connectivity index (χ3v) is 3.32. The van der Waals surface area contributed by atoms with Crippen LogP contribution in [-0.4, -0.2) is 23.6 Å². The van der Waals surface area contributed by atoms with Crippen molar-refractivity contribution in [2.45, 2.75) is 53.5 Å². The molecule has 1 rings (SSSR count). The molecule has 0 aliphatic heterocycles. The molecular weight excluding hydrogens is 226 g/mol. The minimum Gasteiger partial charge on any atom is -0.373 e. The first-order valence-corrected chi connectivity index (χ1v) is 6.89. The molecule has 0 spiro atoms. The van der Waals surface area contributed by atoms with Crippen molar-refractivity contribution in [3.8, 4) is 0 Å². The maximum absolute atomic E-state index is 12.0. The summed E-state index contributed by atoms with van der Waals surface area (Å²) in [6.45, 7) is 10.1. The van der Waals surface area contributed by atoms with E-state index in [0.717, 1.165) is 29.9 Å². The summed E-state index contributed by atoms with van der Waals surface area (Å²) in [6, 6.07) is 1.97. The van der Waals surface area contributed by atoms with Crippen molar-refractivity contribution in [2.75, 3.05) is 13.2 Å². The number of ketones is 1. The monoisotopic (exact) mass is 251 g/mol. The lowest BCUT2D eigenvalue weighted by molar-refractivity contribution is 0.0752. The maximum atomic E-state index is 12.0. The normalized spacial score (nSPS) is 10.9. The number of aromatic nitrogens is 1. The Labute approximate surface area is 110 Å². The Kier molecular flexibility index (Phi) is 6.13. The molecule has 0 amide bonds. The number of carbonyl (C=O) groups excluding carboxylic acids is 1. The largest absolute Gasteiger partial charge is 0.373 e. The molecule has 0 saturated heterocycles. The summed E-state index contributed by atoms with van der Waals surface area (Å²) in [6.07, 6.45) is 3.38. The molecule has 0 aliphatic rings. The Bertz CT molecular complexity index is 393. The number of rotatable bonds is 8. The average Bonchev–Trinajstić information content (AvgIpc) is 2.64. The van der Waals surface area contributed by atoms with Crippen LogP contribution in [0.3, 0.4) is 0 Å². The molecule has 1 aromatic rings. The van der Waals surface area contributed by atoms with Crippen LogP contribution in [0.4, 0.5) is 0 Å². The predicted molar refractivity (Wildman–Crippen MR) is 74.3 cm³/mol. The van der Waals surface area contributed by atoms with Crippen LogP contribution in [0.1, 0.15) is 54.9 Å². The van der Waals surface area contributed by atoms with Gasteiger partial charge in [0.15, 0.2) is 5.78 Å². The topological polar surface area (TPSA) is 31.2 Å². The molecule has 0 bridgehead atoms. The summed E-state index contributed by atoms with van der Waals surface area (Å²) in [5, 5.41) is 0. The van der Waals surface area contributed by atoms with Crippen LogP contribution >= 0.6 is 0 Å². The number of nitrogens with zero attached hydrogens (tertiary/aromatic N) is 1. The van der Waals surface area contributed by atoms with E-state index in [-0.39, 0.29) is 12.4 Å². The zero-order valence-electron chi connectivity index (χ0n) is 12.1. The van der Waals surface area contributed by atoms with Crippen LogP contribution in [0.25, 0.3) is 0 Å². The fourth-order valence-corrected chi connectivity index (χ4v) is 2.27.